The van der Waals surface area contributed by atoms with Gasteiger partial charge in [0.25, 0.3) is 11.2 Å². The summed E-state index contributed by atoms with van der Waals surface area (Å²) in [6.07, 6.45) is -23.8. The highest BCUT2D eigenvalue weighted by Gasteiger charge is 2.79. The maximum absolute atomic E-state index is 13.5. The fraction of sp³-hybridized carbons (Fsp3) is 0.692. The lowest BCUT2D eigenvalue weighted by Gasteiger charge is -2.48. The first-order valence-corrected chi connectivity index (χ1v) is 12.0. The van der Waals surface area contributed by atoms with Gasteiger partial charge in [0.2, 0.25) is 0 Å². The van der Waals surface area contributed by atoms with E-state index in [0.717, 1.165) is 52.0 Å². The van der Waals surface area contributed by atoms with Crippen LogP contribution in [0.25, 0.3) is 6.08 Å². The van der Waals surface area contributed by atoms with Gasteiger partial charge in [-0.2, -0.15) is 52.7 Å². The molecule has 244 valence electrons. The van der Waals surface area contributed by atoms with Crippen LogP contribution in [0.5, 0.6) is 0 Å². The predicted octanol–water partition coefficient (Wildman–Crippen LogP) is 8.10. The molecule has 0 bridgehead atoms. The van der Waals surface area contributed by atoms with Crippen molar-refractivity contribution in [1.29, 1.82) is 0 Å². The Morgan fingerprint density at radius 3 is 1.17 bits per heavy atom. The zero-order chi connectivity index (χ0) is 34.0. The summed E-state index contributed by atoms with van der Waals surface area (Å²) in [5.41, 5.74) is -21.7. The first-order chi connectivity index (χ1) is 18.1. The average molecular weight is 637 g/mol. The van der Waals surface area contributed by atoms with Crippen molar-refractivity contribution in [2.45, 2.75) is 114 Å². The lowest BCUT2D eigenvalue weighted by atomic mass is 9.81. The molecule has 1 rings (SSSR count). The van der Waals surface area contributed by atoms with Gasteiger partial charge in [0, 0.05) is 0 Å². The second-order valence-corrected chi connectivity index (χ2v) is 11.7. The first kappa shape index (κ1) is 38.0. The number of alkyl halides is 12. The van der Waals surface area contributed by atoms with Gasteiger partial charge in [-0.3, -0.25) is 0 Å². The molecule has 0 atom stereocenters. The second-order valence-electron chi connectivity index (χ2n) is 11.7. The van der Waals surface area contributed by atoms with Gasteiger partial charge in [-0.15, -0.1) is 0 Å². The third kappa shape index (κ3) is 6.27. The van der Waals surface area contributed by atoms with E-state index in [1.54, 1.807) is 0 Å². The molecule has 4 nitrogen and oxygen atoms in total. The quantitative estimate of drug-likeness (QED) is 0.269. The summed E-state index contributed by atoms with van der Waals surface area (Å²) in [5, 5.41) is 19.8. The Bertz CT molecular complexity index is 1110. The van der Waals surface area contributed by atoms with Gasteiger partial charge in [0.1, 0.15) is 11.2 Å². The zero-order valence-electron chi connectivity index (χ0n) is 23.8. The Balaban J connectivity index is 3.66. The van der Waals surface area contributed by atoms with Crippen molar-refractivity contribution in [3.63, 3.8) is 0 Å². The monoisotopic (exact) mass is 636 g/mol. The van der Waals surface area contributed by atoms with Crippen molar-refractivity contribution in [3.05, 3.63) is 41.5 Å². The third-order valence-electron chi connectivity index (χ3n) is 7.02. The van der Waals surface area contributed by atoms with Gasteiger partial charge in [-0.1, -0.05) is 24.8 Å². The molecule has 0 aliphatic carbocycles. The minimum atomic E-state index is -6.22. The van der Waals surface area contributed by atoms with E-state index in [1.807, 2.05) is 0 Å². The van der Waals surface area contributed by atoms with Crippen LogP contribution in [-0.2, 0) is 20.7 Å². The molecular weight excluding hydrogens is 604 g/mol. The van der Waals surface area contributed by atoms with E-state index in [4.69, 9.17) is 9.47 Å². The summed E-state index contributed by atoms with van der Waals surface area (Å²) in [4.78, 5) is 0. The Morgan fingerprint density at radius 2 is 0.881 bits per heavy atom. The summed E-state index contributed by atoms with van der Waals surface area (Å²) in [6.45, 7) is 9.27. The van der Waals surface area contributed by atoms with Gasteiger partial charge in [-0.25, -0.2) is 0 Å². The minimum Gasteiger partial charge on any atom is -0.371 e. The van der Waals surface area contributed by atoms with Crippen LogP contribution < -0.4 is 0 Å². The van der Waals surface area contributed by atoms with Crippen LogP contribution in [0.2, 0.25) is 0 Å². The first-order valence-electron chi connectivity index (χ1n) is 12.0. The zero-order valence-corrected chi connectivity index (χ0v) is 23.8. The van der Waals surface area contributed by atoms with Gasteiger partial charge in [0.15, 0.2) is 0 Å². The maximum atomic E-state index is 13.5. The molecule has 0 saturated heterocycles. The van der Waals surface area contributed by atoms with Gasteiger partial charge in [0.05, 0.1) is 11.2 Å². The lowest BCUT2D eigenvalue weighted by molar-refractivity contribution is -0.421. The van der Waals surface area contributed by atoms with E-state index in [2.05, 4.69) is 6.58 Å². The van der Waals surface area contributed by atoms with E-state index in [-0.39, 0.29) is 16.7 Å². The highest BCUT2D eigenvalue weighted by molar-refractivity contribution is 5.55. The van der Waals surface area contributed by atoms with Gasteiger partial charge < -0.3 is 19.7 Å². The van der Waals surface area contributed by atoms with Crippen LogP contribution in [0.15, 0.2) is 24.8 Å². The molecule has 0 spiro atoms. The fourth-order valence-electron chi connectivity index (χ4n) is 4.88. The summed E-state index contributed by atoms with van der Waals surface area (Å²) in [7, 11) is 0. The largest absolute Gasteiger partial charge is 0.429 e. The summed E-state index contributed by atoms with van der Waals surface area (Å²) in [5.74, 6) is 0. The predicted molar refractivity (Wildman–Crippen MR) is 127 cm³/mol. The molecule has 0 amide bonds. The summed E-state index contributed by atoms with van der Waals surface area (Å²) < 4.78 is 173. The average Bonchev–Trinajstić information content (AvgIpc) is 2.72. The van der Waals surface area contributed by atoms with Gasteiger partial charge >= 0.3 is 24.7 Å². The topological polar surface area (TPSA) is 58.9 Å². The Morgan fingerprint density at radius 1 is 0.571 bits per heavy atom. The van der Waals surface area contributed by atoms with Crippen LogP contribution in [-0.4, -0.2) is 57.3 Å². The fourth-order valence-corrected chi connectivity index (χ4v) is 4.88. The highest BCUT2D eigenvalue weighted by atomic mass is 19.4. The molecular formula is C26H32F12O4. The lowest BCUT2D eigenvalue weighted by Crippen LogP contribution is -2.70. The van der Waals surface area contributed by atoms with Crippen molar-refractivity contribution in [3.8, 4) is 0 Å². The molecule has 0 aromatic heterocycles. The number of benzene rings is 1. The van der Waals surface area contributed by atoms with Crippen molar-refractivity contribution >= 4 is 6.08 Å². The van der Waals surface area contributed by atoms with Crippen LogP contribution in [0, 0.1) is 0 Å². The number of rotatable bonds is 9. The van der Waals surface area contributed by atoms with E-state index >= 15 is 0 Å². The van der Waals surface area contributed by atoms with Crippen LogP contribution in [0.3, 0.4) is 0 Å². The summed E-state index contributed by atoms with van der Waals surface area (Å²) in [6, 6.07) is 3.27. The second kappa shape index (κ2) is 10.5. The SMILES string of the molecule is C=Cc1cc(C(C)(C)OC(C)(C)C(O)(C(F)(F)F)C(F)(F)F)ccc1C(C)(C)OC(C)(C)C(O)(C(F)(F)F)C(F)(F)F. The van der Waals surface area contributed by atoms with E-state index < -0.39 is 58.3 Å². The van der Waals surface area contributed by atoms with Crippen molar-refractivity contribution in [1.82, 2.24) is 0 Å². The molecule has 2 N–H and O–H groups in total. The molecule has 0 heterocycles. The van der Waals surface area contributed by atoms with E-state index in [1.165, 1.54) is 0 Å². The number of halogens is 12. The number of ether oxygens (including phenoxy) is 2. The molecule has 0 unspecified atom stereocenters. The van der Waals surface area contributed by atoms with E-state index in [0.29, 0.717) is 27.7 Å². The van der Waals surface area contributed by atoms with Crippen molar-refractivity contribution in [2.75, 3.05) is 0 Å². The Hall–Kier alpha value is -2.04. The Kier molecular flexibility index (Phi) is 9.54. The molecule has 0 saturated carbocycles. The number of hydrogen-bond acceptors (Lipinski definition) is 4. The molecule has 16 heteroatoms. The molecule has 1 aromatic carbocycles. The van der Waals surface area contributed by atoms with Crippen LogP contribution >= 0.6 is 0 Å². The number of aliphatic hydroxyl groups is 2. The normalized spacial score (nSPS) is 15.7. The van der Waals surface area contributed by atoms with Gasteiger partial charge in [-0.05, 0) is 78.1 Å². The molecule has 0 aliphatic heterocycles. The molecule has 0 fully saturated rings. The molecule has 0 aliphatic rings. The maximum Gasteiger partial charge on any atom is 0.429 e. The van der Waals surface area contributed by atoms with Crippen LogP contribution in [0.4, 0.5) is 52.7 Å². The van der Waals surface area contributed by atoms with Crippen LogP contribution in [0.1, 0.15) is 72.1 Å². The van der Waals surface area contributed by atoms with E-state index in [9.17, 15) is 62.9 Å². The molecule has 0 radical (unpaired) electrons. The van der Waals surface area contributed by atoms with Crippen molar-refractivity contribution < 1.29 is 72.4 Å². The molecule has 42 heavy (non-hydrogen) atoms. The van der Waals surface area contributed by atoms with Crippen molar-refractivity contribution in [2.24, 2.45) is 0 Å². The molecule has 1 aromatic rings. The third-order valence-corrected chi connectivity index (χ3v) is 7.02. The minimum absolute atomic E-state index is 0.0627. The Labute approximate surface area is 234 Å². The standard InChI is InChI=1S/C26H32F12O4/c1-10-14-13-15(17(2,3)41-19(6,7)21(39,23(27,28)29)24(30,31)32)11-12-16(14)18(4,5)42-20(8,9)22(40,25(33,34)35)26(36,37)38/h10-13,39-40H,1H2,2-9H3. The number of hydrogen-bond donors (Lipinski definition) is 2. The smallest absolute Gasteiger partial charge is 0.371 e. The summed E-state index contributed by atoms with van der Waals surface area (Å²) >= 11 is 0. The highest BCUT2D eigenvalue weighted by Crippen LogP contribution is 2.54.